The number of hydrogen-bond acceptors (Lipinski definition) is 5. The molecule has 1 amide bonds. The number of ether oxygens (including phenoxy) is 1. The van der Waals surface area contributed by atoms with E-state index in [1.54, 1.807) is 6.07 Å². The number of carbonyl (C=O) groups excluding carboxylic acids is 1. The number of nitrogens with one attached hydrogen (secondary N) is 1. The zero-order chi connectivity index (χ0) is 18.4. The van der Waals surface area contributed by atoms with E-state index in [0.29, 0.717) is 17.7 Å². The van der Waals surface area contributed by atoms with Crippen LogP contribution in [-0.2, 0) is 9.53 Å². The standard InChI is InChI=1S/C17H14Cl2FN3O3/c18-9-4-8(6-22-16(9)19)23-17(25)14-11-5-10(24)15(26-11)13(14)7-1-2-21-12(20)3-7/h1-4,6,10-11,13-15,24H,5H2,(H,23,25). The summed E-state index contributed by atoms with van der Waals surface area (Å²) >= 11 is 11.7. The van der Waals surface area contributed by atoms with Crippen LogP contribution >= 0.6 is 23.2 Å². The molecule has 0 aromatic carbocycles. The Balaban J connectivity index is 1.62. The van der Waals surface area contributed by atoms with Crippen molar-refractivity contribution in [2.75, 3.05) is 5.32 Å². The smallest absolute Gasteiger partial charge is 0.230 e. The summed E-state index contributed by atoms with van der Waals surface area (Å²) < 4.78 is 19.4. The fourth-order valence-electron chi connectivity index (χ4n) is 3.78. The van der Waals surface area contributed by atoms with Gasteiger partial charge in [-0.3, -0.25) is 4.79 Å². The fourth-order valence-corrected chi connectivity index (χ4v) is 4.05. The fraction of sp³-hybridized carbons (Fsp3) is 0.353. The molecule has 2 aromatic rings. The van der Waals surface area contributed by atoms with Gasteiger partial charge in [0.25, 0.3) is 0 Å². The van der Waals surface area contributed by atoms with Crippen molar-refractivity contribution in [2.24, 2.45) is 5.92 Å². The van der Waals surface area contributed by atoms with Crippen molar-refractivity contribution >= 4 is 34.8 Å². The monoisotopic (exact) mass is 397 g/mol. The second-order valence-corrected chi connectivity index (χ2v) is 7.16. The maximum absolute atomic E-state index is 13.6. The molecule has 136 valence electrons. The highest BCUT2D eigenvalue weighted by Crippen LogP contribution is 2.49. The summed E-state index contributed by atoms with van der Waals surface area (Å²) in [6.07, 6.45) is 1.37. The molecule has 2 aliphatic heterocycles. The molecule has 2 saturated heterocycles. The van der Waals surface area contributed by atoms with Crippen molar-refractivity contribution in [2.45, 2.75) is 30.7 Å². The highest BCUT2D eigenvalue weighted by atomic mass is 35.5. The van der Waals surface area contributed by atoms with Gasteiger partial charge in [0, 0.05) is 18.5 Å². The first-order chi connectivity index (χ1) is 12.4. The molecular weight excluding hydrogens is 384 g/mol. The molecule has 0 spiro atoms. The number of aromatic nitrogens is 2. The lowest BCUT2D eigenvalue weighted by Crippen LogP contribution is -2.41. The molecule has 9 heteroatoms. The molecule has 2 aromatic heterocycles. The van der Waals surface area contributed by atoms with Crippen LogP contribution in [0.25, 0.3) is 0 Å². The lowest BCUT2D eigenvalue weighted by Gasteiger charge is -2.30. The topological polar surface area (TPSA) is 84.3 Å². The quantitative estimate of drug-likeness (QED) is 0.777. The molecule has 0 radical (unpaired) electrons. The van der Waals surface area contributed by atoms with Gasteiger partial charge in [0.1, 0.15) is 5.15 Å². The third-order valence-electron chi connectivity index (χ3n) is 4.83. The maximum atomic E-state index is 13.6. The average Bonchev–Trinajstić information content (AvgIpc) is 3.15. The lowest BCUT2D eigenvalue weighted by atomic mass is 9.74. The Labute approximate surface area is 158 Å². The highest BCUT2D eigenvalue weighted by molar-refractivity contribution is 6.41. The van der Waals surface area contributed by atoms with Gasteiger partial charge in [-0.25, -0.2) is 9.97 Å². The van der Waals surface area contributed by atoms with Gasteiger partial charge >= 0.3 is 0 Å². The number of pyridine rings is 2. The molecule has 4 heterocycles. The number of halogens is 3. The van der Waals surface area contributed by atoms with Crippen LogP contribution < -0.4 is 5.32 Å². The Bertz CT molecular complexity index is 869. The second kappa shape index (κ2) is 6.74. The van der Waals surface area contributed by atoms with E-state index in [0.717, 1.165) is 0 Å². The summed E-state index contributed by atoms with van der Waals surface area (Å²) in [6, 6.07) is 4.40. The molecule has 2 bridgehead atoms. The summed E-state index contributed by atoms with van der Waals surface area (Å²) in [4.78, 5) is 20.3. The van der Waals surface area contributed by atoms with Crippen LogP contribution in [0.5, 0.6) is 0 Å². The van der Waals surface area contributed by atoms with Crippen molar-refractivity contribution in [1.82, 2.24) is 9.97 Å². The largest absolute Gasteiger partial charge is 0.390 e. The van der Waals surface area contributed by atoms with Gasteiger partial charge in [0.05, 0.1) is 41.1 Å². The molecule has 2 aliphatic rings. The van der Waals surface area contributed by atoms with Crippen molar-refractivity contribution in [3.05, 3.63) is 52.3 Å². The Morgan fingerprint density at radius 2 is 2.15 bits per heavy atom. The van der Waals surface area contributed by atoms with Crippen LogP contribution in [0, 0.1) is 11.9 Å². The zero-order valence-corrected chi connectivity index (χ0v) is 14.8. The van der Waals surface area contributed by atoms with Crippen LogP contribution in [0.2, 0.25) is 10.2 Å². The molecule has 4 rings (SSSR count). The second-order valence-electron chi connectivity index (χ2n) is 6.39. The van der Waals surface area contributed by atoms with E-state index in [1.165, 1.54) is 24.5 Å². The number of rotatable bonds is 3. The normalized spacial score (nSPS) is 29.8. The molecule has 2 N–H and O–H groups in total. The molecule has 26 heavy (non-hydrogen) atoms. The number of aliphatic hydroxyl groups excluding tert-OH is 1. The SMILES string of the molecule is O=C(Nc1cnc(Cl)c(Cl)c1)C1C2CC(O)C(O2)C1c1ccnc(F)c1. The van der Waals surface area contributed by atoms with Crippen molar-refractivity contribution in [3.8, 4) is 0 Å². The maximum Gasteiger partial charge on any atom is 0.230 e. The molecule has 0 saturated carbocycles. The first-order valence-electron chi connectivity index (χ1n) is 8.01. The molecular formula is C17H14Cl2FN3O3. The summed E-state index contributed by atoms with van der Waals surface area (Å²) in [5.41, 5.74) is 0.962. The van der Waals surface area contributed by atoms with Crippen LogP contribution in [0.1, 0.15) is 17.9 Å². The lowest BCUT2D eigenvalue weighted by molar-refractivity contribution is -0.121. The molecule has 6 nitrogen and oxygen atoms in total. The van der Waals surface area contributed by atoms with Crippen molar-refractivity contribution in [3.63, 3.8) is 0 Å². The minimum Gasteiger partial charge on any atom is -0.390 e. The Kier molecular flexibility index (Phi) is 4.56. The van der Waals surface area contributed by atoms with Gasteiger partial charge in [-0.15, -0.1) is 0 Å². The van der Waals surface area contributed by atoms with E-state index in [1.807, 2.05) is 0 Å². The molecule has 5 atom stereocenters. The van der Waals surface area contributed by atoms with Gasteiger partial charge in [0.2, 0.25) is 11.9 Å². The number of anilines is 1. The number of amides is 1. The number of fused-ring (bicyclic) bond motifs is 2. The summed E-state index contributed by atoms with van der Waals surface area (Å²) in [5, 5.41) is 13.3. The predicted octanol–water partition coefficient (Wildman–Crippen LogP) is 2.79. The molecule has 0 aliphatic carbocycles. The third-order valence-corrected chi connectivity index (χ3v) is 5.51. The van der Waals surface area contributed by atoms with Crippen LogP contribution in [0.15, 0.2) is 30.6 Å². The zero-order valence-electron chi connectivity index (χ0n) is 13.3. The van der Waals surface area contributed by atoms with Gasteiger partial charge < -0.3 is 15.2 Å². The van der Waals surface area contributed by atoms with E-state index in [2.05, 4.69) is 15.3 Å². The average molecular weight is 398 g/mol. The van der Waals surface area contributed by atoms with Gasteiger partial charge in [-0.2, -0.15) is 4.39 Å². The van der Waals surface area contributed by atoms with E-state index in [4.69, 9.17) is 27.9 Å². The molecule has 2 fully saturated rings. The van der Waals surface area contributed by atoms with E-state index < -0.39 is 36.1 Å². The van der Waals surface area contributed by atoms with Crippen molar-refractivity contribution in [1.29, 1.82) is 0 Å². The Morgan fingerprint density at radius 1 is 1.35 bits per heavy atom. The van der Waals surface area contributed by atoms with Gasteiger partial charge in [0.15, 0.2) is 0 Å². The van der Waals surface area contributed by atoms with Crippen LogP contribution in [0.3, 0.4) is 0 Å². The number of nitrogens with zero attached hydrogens (tertiary/aromatic N) is 2. The molecule has 5 unspecified atom stereocenters. The van der Waals surface area contributed by atoms with Gasteiger partial charge in [-0.05, 0) is 23.8 Å². The first kappa shape index (κ1) is 17.6. The first-order valence-corrected chi connectivity index (χ1v) is 8.76. The Hall–Kier alpha value is -1.80. The van der Waals surface area contributed by atoms with E-state index >= 15 is 0 Å². The summed E-state index contributed by atoms with van der Waals surface area (Å²) in [6.45, 7) is 0. The summed E-state index contributed by atoms with van der Waals surface area (Å²) in [7, 11) is 0. The third kappa shape index (κ3) is 3.05. The van der Waals surface area contributed by atoms with Crippen molar-refractivity contribution < 1.29 is 19.0 Å². The van der Waals surface area contributed by atoms with Gasteiger partial charge in [-0.1, -0.05) is 23.2 Å². The van der Waals surface area contributed by atoms with Crippen LogP contribution in [0.4, 0.5) is 10.1 Å². The minimum absolute atomic E-state index is 0.140. The Morgan fingerprint density at radius 3 is 2.88 bits per heavy atom. The van der Waals surface area contributed by atoms with E-state index in [9.17, 15) is 14.3 Å². The van der Waals surface area contributed by atoms with Crippen LogP contribution in [-0.4, -0.2) is 39.3 Å². The number of aliphatic hydroxyl groups is 1. The minimum atomic E-state index is -0.697. The highest BCUT2D eigenvalue weighted by Gasteiger charge is 2.57. The summed E-state index contributed by atoms with van der Waals surface area (Å²) in [5.74, 6) is -2.02. The van der Waals surface area contributed by atoms with E-state index in [-0.39, 0.29) is 16.1 Å². The predicted molar refractivity (Wildman–Crippen MR) is 92.6 cm³/mol. The number of carbonyl (C=O) groups is 1. The number of hydrogen-bond donors (Lipinski definition) is 2.